The molecule has 0 aliphatic heterocycles. The number of nitrogens with one attached hydrogen (secondary N) is 1. The highest BCUT2D eigenvalue weighted by atomic mass is 16.4. The van der Waals surface area contributed by atoms with Gasteiger partial charge in [0.15, 0.2) is 0 Å². The zero-order valence-electron chi connectivity index (χ0n) is 16.8. The van der Waals surface area contributed by atoms with Gasteiger partial charge in [-0.3, -0.25) is 0 Å². The van der Waals surface area contributed by atoms with Crippen molar-refractivity contribution in [3.63, 3.8) is 0 Å². The molecule has 0 bridgehead atoms. The van der Waals surface area contributed by atoms with Crippen LogP contribution in [0.5, 0.6) is 5.75 Å². The molecule has 4 N–H and O–H groups in total. The fraction of sp³-hybridized carbons (Fsp3) is 0.500. The van der Waals surface area contributed by atoms with Crippen LogP contribution in [0.4, 0.5) is 0 Å². The predicted octanol–water partition coefficient (Wildman–Crippen LogP) is 3.23. The first-order chi connectivity index (χ1) is 13.4. The number of aromatic hydroxyl groups is 1. The van der Waals surface area contributed by atoms with Crippen LogP contribution in [0.2, 0.25) is 0 Å². The van der Waals surface area contributed by atoms with Crippen LogP contribution in [0.25, 0.3) is 0 Å². The second-order valence-corrected chi connectivity index (χ2v) is 8.76. The molecule has 1 fully saturated rings. The van der Waals surface area contributed by atoms with E-state index in [1.165, 1.54) is 11.1 Å². The summed E-state index contributed by atoms with van der Waals surface area (Å²) >= 11 is 0. The molecule has 150 valence electrons. The molecule has 2 aliphatic carbocycles. The van der Waals surface area contributed by atoms with Crippen LogP contribution in [0.15, 0.2) is 48.5 Å². The zero-order valence-corrected chi connectivity index (χ0v) is 16.8. The third-order valence-electron chi connectivity index (χ3n) is 7.44. The predicted molar refractivity (Wildman–Crippen MR) is 110 cm³/mol. The number of phenolic OH excluding ortho intramolecular Hbond substituents is 1. The number of fused-ring (bicyclic) bond motifs is 3. The number of phenols is 1. The first-order valence-corrected chi connectivity index (χ1v) is 10.4. The van der Waals surface area contributed by atoms with Gasteiger partial charge in [-0.15, -0.1) is 0 Å². The van der Waals surface area contributed by atoms with Crippen LogP contribution < -0.4 is 5.32 Å². The van der Waals surface area contributed by atoms with Gasteiger partial charge >= 0.3 is 0 Å². The molecule has 4 nitrogen and oxygen atoms in total. The molecule has 0 spiro atoms. The molecule has 1 saturated carbocycles. The quantitative estimate of drug-likeness (QED) is 0.656. The maximum absolute atomic E-state index is 11.9. The summed E-state index contributed by atoms with van der Waals surface area (Å²) in [5.41, 5.74) is 0.406. The first kappa shape index (κ1) is 19.4. The molecule has 4 rings (SSSR count). The van der Waals surface area contributed by atoms with Gasteiger partial charge in [-0.1, -0.05) is 43.3 Å². The average Bonchev–Trinajstić information content (AvgIpc) is 2.69. The Morgan fingerprint density at radius 3 is 2.54 bits per heavy atom. The van der Waals surface area contributed by atoms with E-state index in [-0.39, 0.29) is 11.3 Å². The van der Waals surface area contributed by atoms with Gasteiger partial charge in [0.2, 0.25) is 0 Å². The van der Waals surface area contributed by atoms with Gasteiger partial charge in [0.05, 0.1) is 0 Å². The molecule has 2 aliphatic rings. The highest BCUT2D eigenvalue weighted by Crippen LogP contribution is 2.60. The number of rotatable bonds is 4. The van der Waals surface area contributed by atoms with Gasteiger partial charge in [0.25, 0.3) is 0 Å². The van der Waals surface area contributed by atoms with E-state index in [1.54, 1.807) is 6.07 Å². The van der Waals surface area contributed by atoms with Crippen LogP contribution in [0.3, 0.4) is 0 Å². The van der Waals surface area contributed by atoms with E-state index in [9.17, 15) is 15.3 Å². The van der Waals surface area contributed by atoms with E-state index >= 15 is 0 Å². The van der Waals surface area contributed by atoms with Gasteiger partial charge in [-0.25, -0.2) is 0 Å². The molecule has 0 saturated heterocycles. The van der Waals surface area contributed by atoms with E-state index in [0.717, 1.165) is 24.8 Å². The second kappa shape index (κ2) is 6.87. The van der Waals surface area contributed by atoms with Crippen molar-refractivity contribution in [2.75, 3.05) is 13.6 Å². The molecule has 2 aromatic carbocycles. The molecule has 0 aromatic heterocycles. The standard InChI is InChI=1S/C24H31NO3/c1-3-22-15-23(27,16-25-2)24(28,18-7-5-4-6-8-18)14-19(22)10-9-17-13-20(26)11-12-21(17)22/h4-8,11-13,19,25-28H,3,9-10,14-16H2,1-2H3/t19-,22?,23?,24?/m1/s1. The molecule has 2 aromatic rings. The minimum atomic E-state index is -1.30. The molecule has 4 atom stereocenters. The Morgan fingerprint density at radius 2 is 1.86 bits per heavy atom. The largest absolute Gasteiger partial charge is 0.508 e. The van der Waals surface area contributed by atoms with Crippen molar-refractivity contribution in [3.8, 4) is 5.75 Å². The number of hydrogen-bond donors (Lipinski definition) is 4. The Bertz CT molecular complexity index is 854. The zero-order chi connectivity index (χ0) is 20.0. The first-order valence-electron chi connectivity index (χ1n) is 10.4. The molecule has 0 amide bonds. The number of benzene rings is 2. The molecular formula is C24H31NO3. The van der Waals surface area contributed by atoms with Crippen LogP contribution in [-0.2, 0) is 17.4 Å². The van der Waals surface area contributed by atoms with Crippen LogP contribution in [0, 0.1) is 5.92 Å². The van der Waals surface area contributed by atoms with Crippen LogP contribution >= 0.6 is 0 Å². The Kier molecular flexibility index (Phi) is 4.77. The maximum Gasteiger partial charge on any atom is 0.120 e. The van der Waals surface area contributed by atoms with E-state index in [4.69, 9.17) is 0 Å². The molecule has 0 radical (unpaired) electrons. The Hall–Kier alpha value is -1.88. The minimum absolute atomic E-state index is 0.201. The summed E-state index contributed by atoms with van der Waals surface area (Å²) in [6.07, 6.45) is 3.77. The third-order valence-corrected chi connectivity index (χ3v) is 7.44. The average molecular weight is 382 g/mol. The van der Waals surface area contributed by atoms with Gasteiger partial charge in [0.1, 0.15) is 17.0 Å². The molecule has 3 unspecified atom stereocenters. The van der Waals surface area contributed by atoms with Gasteiger partial charge < -0.3 is 20.6 Å². The monoisotopic (exact) mass is 381 g/mol. The van der Waals surface area contributed by atoms with Crippen molar-refractivity contribution in [2.45, 2.75) is 55.6 Å². The molecular weight excluding hydrogens is 350 g/mol. The highest BCUT2D eigenvalue weighted by Gasteiger charge is 2.62. The van der Waals surface area contributed by atoms with Crippen molar-refractivity contribution in [2.24, 2.45) is 5.92 Å². The van der Waals surface area contributed by atoms with Crippen LogP contribution in [0.1, 0.15) is 49.3 Å². The second-order valence-electron chi connectivity index (χ2n) is 8.76. The van der Waals surface area contributed by atoms with Crippen LogP contribution in [-0.4, -0.2) is 34.5 Å². The number of likely N-dealkylation sites (N-methyl/N-ethyl adjacent to an activating group) is 1. The van der Waals surface area contributed by atoms with Gasteiger partial charge in [-0.2, -0.15) is 0 Å². The SMILES string of the molecule is CCC12CC(O)(CNC)C(O)(c3ccccc3)C[C@H]1CCc1cc(O)ccc12. The summed E-state index contributed by atoms with van der Waals surface area (Å²) in [6, 6.07) is 15.3. The highest BCUT2D eigenvalue weighted by molar-refractivity contribution is 5.45. The summed E-state index contributed by atoms with van der Waals surface area (Å²) in [7, 11) is 1.82. The lowest BCUT2D eigenvalue weighted by molar-refractivity contribution is -0.211. The van der Waals surface area contributed by atoms with Crippen molar-refractivity contribution < 1.29 is 15.3 Å². The van der Waals surface area contributed by atoms with Crippen molar-refractivity contribution in [1.82, 2.24) is 5.32 Å². The topological polar surface area (TPSA) is 72.7 Å². The number of aryl methyl sites for hydroxylation is 1. The lowest BCUT2D eigenvalue weighted by Gasteiger charge is -2.60. The Balaban J connectivity index is 1.86. The van der Waals surface area contributed by atoms with E-state index < -0.39 is 11.2 Å². The Labute approximate surface area is 167 Å². The maximum atomic E-state index is 11.9. The third kappa shape index (κ3) is 2.70. The van der Waals surface area contributed by atoms with E-state index in [2.05, 4.69) is 12.2 Å². The summed E-state index contributed by atoms with van der Waals surface area (Å²) in [5, 5.41) is 36.9. The molecule has 0 heterocycles. The van der Waals surface area contributed by atoms with Gasteiger partial charge in [0, 0.05) is 12.0 Å². The smallest absolute Gasteiger partial charge is 0.120 e. The minimum Gasteiger partial charge on any atom is -0.508 e. The van der Waals surface area contributed by atoms with Crippen molar-refractivity contribution in [1.29, 1.82) is 0 Å². The van der Waals surface area contributed by atoms with Gasteiger partial charge in [-0.05, 0) is 73.9 Å². The van der Waals surface area contributed by atoms with Crippen molar-refractivity contribution >= 4 is 0 Å². The lowest BCUT2D eigenvalue weighted by atomic mass is 9.48. The fourth-order valence-corrected chi connectivity index (χ4v) is 6.06. The normalized spacial score (nSPS) is 34.5. The molecule has 28 heavy (non-hydrogen) atoms. The summed E-state index contributed by atoms with van der Waals surface area (Å²) in [5.74, 6) is 0.572. The number of aliphatic hydroxyl groups is 2. The Morgan fingerprint density at radius 1 is 1.11 bits per heavy atom. The van der Waals surface area contributed by atoms with E-state index in [1.807, 2.05) is 49.5 Å². The van der Waals surface area contributed by atoms with Crippen molar-refractivity contribution in [3.05, 3.63) is 65.2 Å². The van der Waals surface area contributed by atoms with E-state index in [0.29, 0.717) is 25.1 Å². The number of hydrogen-bond acceptors (Lipinski definition) is 4. The lowest BCUT2D eigenvalue weighted by Crippen LogP contribution is -2.66. The summed E-state index contributed by atoms with van der Waals surface area (Å²) < 4.78 is 0. The fourth-order valence-electron chi connectivity index (χ4n) is 6.06. The molecule has 4 heteroatoms. The summed E-state index contributed by atoms with van der Waals surface area (Å²) in [4.78, 5) is 0. The summed E-state index contributed by atoms with van der Waals surface area (Å²) in [6.45, 7) is 2.50.